The van der Waals surface area contributed by atoms with Crippen molar-refractivity contribution < 1.29 is 0 Å². The predicted octanol–water partition coefficient (Wildman–Crippen LogP) is 3.92. The standard InChI is InChI=1S/C12H16S/c1-12(2)7-5-10-4-3-9-13-11(10)6-8-12/h5-8H,3-4,9H2,1-2H3. The Kier molecular flexibility index (Phi) is 2.37. The van der Waals surface area contributed by atoms with Crippen molar-refractivity contribution in [1.82, 2.24) is 0 Å². The van der Waals surface area contributed by atoms with Crippen LogP contribution in [0.2, 0.25) is 0 Å². The first-order valence-electron chi connectivity index (χ1n) is 4.92. The van der Waals surface area contributed by atoms with Crippen LogP contribution in [0.15, 0.2) is 34.8 Å². The number of hydrogen-bond donors (Lipinski definition) is 0. The zero-order valence-corrected chi connectivity index (χ0v) is 9.16. The van der Waals surface area contributed by atoms with Crippen LogP contribution in [-0.2, 0) is 0 Å². The molecule has 0 saturated heterocycles. The maximum atomic E-state index is 2.32. The molecule has 1 heteroatoms. The van der Waals surface area contributed by atoms with Crippen molar-refractivity contribution in [3.63, 3.8) is 0 Å². The molecule has 0 unspecified atom stereocenters. The molecule has 70 valence electrons. The van der Waals surface area contributed by atoms with E-state index in [1.807, 2.05) is 11.8 Å². The summed E-state index contributed by atoms with van der Waals surface area (Å²) in [4.78, 5) is 1.49. The molecule has 0 atom stereocenters. The molecule has 0 aromatic heterocycles. The molecule has 2 aliphatic rings. The van der Waals surface area contributed by atoms with Crippen molar-refractivity contribution in [3.8, 4) is 0 Å². The van der Waals surface area contributed by atoms with Gasteiger partial charge in [-0.2, -0.15) is 0 Å². The van der Waals surface area contributed by atoms with E-state index in [2.05, 4.69) is 38.2 Å². The fourth-order valence-corrected chi connectivity index (χ4v) is 2.67. The third-order valence-electron chi connectivity index (χ3n) is 2.54. The maximum absolute atomic E-state index is 2.32. The Morgan fingerprint density at radius 1 is 1.23 bits per heavy atom. The van der Waals surface area contributed by atoms with E-state index >= 15 is 0 Å². The van der Waals surface area contributed by atoms with E-state index in [-0.39, 0.29) is 5.41 Å². The van der Waals surface area contributed by atoms with Gasteiger partial charge in [0.2, 0.25) is 0 Å². The van der Waals surface area contributed by atoms with Gasteiger partial charge in [-0.05, 0) is 24.2 Å². The van der Waals surface area contributed by atoms with Crippen molar-refractivity contribution >= 4 is 11.8 Å². The van der Waals surface area contributed by atoms with Crippen LogP contribution in [-0.4, -0.2) is 5.75 Å². The fraction of sp³-hybridized carbons (Fsp3) is 0.500. The monoisotopic (exact) mass is 192 g/mol. The lowest BCUT2D eigenvalue weighted by molar-refractivity contribution is 0.626. The summed E-state index contributed by atoms with van der Waals surface area (Å²) < 4.78 is 0. The van der Waals surface area contributed by atoms with E-state index in [1.165, 1.54) is 29.1 Å². The quantitative estimate of drug-likeness (QED) is 0.560. The highest BCUT2D eigenvalue weighted by atomic mass is 32.2. The molecule has 0 bridgehead atoms. The smallest absolute Gasteiger partial charge is 0.0101 e. The minimum absolute atomic E-state index is 0.234. The summed E-state index contributed by atoms with van der Waals surface area (Å²) in [5.41, 5.74) is 1.77. The van der Waals surface area contributed by atoms with Crippen LogP contribution in [0.25, 0.3) is 0 Å². The molecule has 2 rings (SSSR count). The lowest BCUT2D eigenvalue weighted by Gasteiger charge is -2.13. The Labute approximate surface area is 84.8 Å². The number of thioether (sulfide) groups is 1. The van der Waals surface area contributed by atoms with E-state index in [0.29, 0.717) is 0 Å². The molecule has 0 amide bonds. The first kappa shape index (κ1) is 9.14. The van der Waals surface area contributed by atoms with Gasteiger partial charge in [0.15, 0.2) is 0 Å². The Morgan fingerprint density at radius 2 is 2.00 bits per heavy atom. The number of rotatable bonds is 0. The second-order valence-electron chi connectivity index (χ2n) is 4.33. The summed E-state index contributed by atoms with van der Waals surface area (Å²) in [5.74, 6) is 1.29. The Hall–Kier alpha value is -0.430. The lowest BCUT2D eigenvalue weighted by atomic mass is 9.93. The number of allylic oxidation sites excluding steroid dienone is 5. The number of hydrogen-bond acceptors (Lipinski definition) is 1. The topological polar surface area (TPSA) is 0 Å². The Balaban J connectivity index is 2.32. The largest absolute Gasteiger partial charge is 0.126 e. The molecule has 1 aliphatic heterocycles. The second kappa shape index (κ2) is 3.38. The summed E-state index contributed by atoms with van der Waals surface area (Å²) in [5, 5.41) is 0. The molecule has 0 aromatic carbocycles. The SMILES string of the molecule is CC1(C)C=CC2=C(C=C1)SCCC2. The van der Waals surface area contributed by atoms with Gasteiger partial charge in [-0.25, -0.2) is 0 Å². The zero-order valence-electron chi connectivity index (χ0n) is 8.34. The fourth-order valence-electron chi connectivity index (χ4n) is 1.64. The maximum Gasteiger partial charge on any atom is 0.0101 e. The van der Waals surface area contributed by atoms with Gasteiger partial charge < -0.3 is 0 Å². The van der Waals surface area contributed by atoms with E-state index < -0.39 is 0 Å². The molecule has 0 saturated carbocycles. The normalized spacial score (nSPS) is 25.7. The van der Waals surface area contributed by atoms with E-state index in [4.69, 9.17) is 0 Å². The summed E-state index contributed by atoms with van der Waals surface area (Å²) in [6.07, 6.45) is 11.9. The van der Waals surface area contributed by atoms with Gasteiger partial charge in [0.25, 0.3) is 0 Å². The van der Waals surface area contributed by atoms with E-state index in [0.717, 1.165) is 0 Å². The lowest BCUT2D eigenvalue weighted by Crippen LogP contribution is -2.00. The molecule has 0 N–H and O–H groups in total. The van der Waals surface area contributed by atoms with Crippen molar-refractivity contribution in [3.05, 3.63) is 34.8 Å². The van der Waals surface area contributed by atoms with Gasteiger partial charge >= 0.3 is 0 Å². The highest BCUT2D eigenvalue weighted by Crippen LogP contribution is 2.36. The third-order valence-corrected chi connectivity index (χ3v) is 3.74. The minimum Gasteiger partial charge on any atom is -0.126 e. The average molecular weight is 192 g/mol. The van der Waals surface area contributed by atoms with Crippen LogP contribution >= 0.6 is 11.8 Å². The molecule has 1 aliphatic carbocycles. The highest BCUT2D eigenvalue weighted by Gasteiger charge is 2.16. The first-order chi connectivity index (χ1) is 6.17. The van der Waals surface area contributed by atoms with Gasteiger partial charge in [-0.15, -0.1) is 11.8 Å². The molecule has 13 heavy (non-hydrogen) atoms. The Morgan fingerprint density at radius 3 is 2.85 bits per heavy atom. The van der Waals surface area contributed by atoms with Crippen LogP contribution in [0.4, 0.5) is 0 Å². The van der Waals surface area contributed by atoms with Crippen molar-refractivity contribution in [1.29, 1.82) is 0 Å². The molecule has 0 nitrogen and oxygen atoms in total. The molecule has 0 fully saturated rings. The van der Waals surface area contributed by atoms with Crippen LogP contribution in [0.5, 0.6) is 0 Å². The first-order valence-corrected chi connectivity index (χ1v) is 5.90. The van der Waals surface area contributed by atoms with Gasteiger partial charge in [0, 0.05) is 10.3 Å². The van der Waals surface area contributed by atoms with Crippen molar-refractivity contribution in [2.45, 2.75) is 26.7 Å². The van der Waals surface area contributed by atoms with Crippen LogP contribution < -0.4 is 0 Å². The third kappa shape index (κ3) is 2.08. The molecule has 0 radical (unpaired) electrons. The van der Waals surface area contributed by atoms with Crippen LogP contribution in [0.3, 0.4) is 0 Å². The molecule has 0 aromatic rings. The van der Waals surface area contributed by atoms with Crippen LogP contribution in [0.1, 0.15) is 26.7 Å². The molecular weight excluding hydrogens is 176 g/mol. The highest BCUT2D eigenvalue weighted by molar-refractivity contribution is 8.03. The average Bonchev–Trinajstić information content (AvgIpc) is 2.27. The summed E-state index contributed by atoms with van der Waals surface area (Å²) in [6.45, 7) is 4.51. The molecule has 0 spiro atoms. The predicted molar refractivity (Wildman–Crippen MR) is 60.8 cm³/mol. The summed E-state index contributed by atoms with van der Waals surface area (Å²) in [6, 6.07) is 0. The van der Waals surface area contributed by atoms with Gasteiger partial charge in [0.05, 0.1) is 0 Å². The van der Waals surface area contributed by atoms with E-state index in [9.17, 15) is 0 Å². The Bertz CT molecular complexity index is 264. The van der Waals surface area contributed by atoms with Gasteiger partial charge in [-0.1, -0.05) is 38.2 Å². The molecular formula is C12H16S. The molecule has 1 heterocycles. The minimum atomic E-state index is 0.234. The van der Waals surface area contributed by atoms with Crippen molar-refractivity contribution in [2.24, 2.45) is 5.41 Å². The summed E-state index contributed by atoms with van der Waals surface area (Å²) in [7, 11) is 0. The van der Waals surface area contributed by atoms with E-state index in [1.54, 1.807) is 0 Å². The van der Waals surface area contributed by atoms with Gasteiger partial charge in [0.1, 0.15) is 0 Å². The zero-order chi connectivity index (χ0) is 9.31. The summed E-state index contributed by atoms with van der Waals surface area (Å²) >= 11 is 2.00. The van der Waals surface area contributed by atoms with Gasteiger partial charge in [-0.3, -0.25) is 0 Å². The van der Waals surface area contributed by atoms with Crippen molar-refractivity contribution in [2.75, 3.05) is 5.75 Å². The second-order valence-corrected chi connectivity index (χ2v) is 5.47. The van der Waals surface area contributed by atoms with Crippen LogP contribution in [0, 0.1) is 5.41 Å².